The van der Waals surface area contributed by atoms with Gasteiger partial charge in [-0.25, -0.2) is 33.7 Å². The van der Waals surface area contributed by atoms with Crippen LogP contribution in [0.1, 0.15) is 86.8 Å². The zero-order valence-electron chi connectivity index (χ0n) is 66.4. The van der Waals surface area contributed by atoms with Crippen LogP contribution in [-0.2, 0) is 128 Å². The van der Waals surface area contributed by atoms with Crippen molar-refractivity contribution in [1.82, 2.24) is 59.8 Å². The molecule has 8 heterocycles. The number of hydrogen-bond acceptors (Lipinski definition) is 31. The predicted molar refractivity (Wildman–Crippen MR) is 428 cm³/mol. The second-order valence-corrected chi connectivity index (χ2v) is 33.7. The standard InChI is InChI=1S/C74H99FN14O27P2S2/c1-45(2)61(84-70(96)52(12-8-9-20-87-57(91)17-18-58(87)92)83-56(90)19-21-103-24-25-105-28-29-107-32-33-109-35-34-108-31-30-106-27-26-104-23-22-102-5)72(98)81-46(3)68(94)82-49-15-13-47(14-16-49)39-110-74(99)86(4)37-48-10-6-7-11-50(48)69(95)85-65-62-67(78-42-76-65)89(44-80-62)59-36-53-54(113-59)40-111-118(101,120)116-64-63(93)55(41-112-117(100,119)115-53)114-73(64)88-38-51(75)60-66(88)77-43-79-71(60)97/h6-7,10-11,13-18,38,42-46,52-55,59,61,63-64,73,93H,8-9,12,19-37,39-41H2,1-5H3,(H,81,98)(H,82,94)(H,83,90)(H,84,96)(H,100,119)(H,101,120)(H,77,79,97)(H,76,78,85,95)/t46-,52-,53-,54+,55+,59+,61-,63+,64+,73+,117?,118?/m0/s1. The van der Waals surface area contributed by atoms with Gasteiger partial charge in [0.05, 0.1) is 131 Å². The molecule has 0 radical (unpaired) electrons. The number of carbonyl (C=O) groups is 8. The molecule has 3 fully saturated rings. The predicted octanol–water partition coefficient (Wildman–Crippen LogP) is 3.66. The van der Waals surface area contributed by atoms with E-state index in [9.17, 15) is 57.7 Å². The smallest absolute Gasteiger partial charge is 0.410 e. The van der Waals surface area contributed by atoms with Crippen molar-refractivity contribution in [2.75, 3.05) is 144 Å². The van der Waals surface area contributed by atoms with Gasteiger partial charge in [0.25, 0.3) is 23.3 Å². The number of nitrogens with one attached hydrogen (secondary N) is 6. The number of imidazole rings is 1. The van der Waals surface area contributed by atoms with Gasteiger partial charge >= 0.3 is 19.6 Å². The van der Waals surface area contributed by atoms with Gasteiger partial charge in [0.2, 0.25) is 23.6 Å². The molecule has 4 aliphatic heterocycles. The lowest BCUT2D eigenvalue weighted by atomic mass is 10.0. The summed E-state index contributed by atoms with van der Waals surface area (Å²) in [7, 11) is 3.09. The number of hydrogen-bond donors (Lipinski definition) is 9. The summed E-state index contributed by atoms with van der Waals surface area (Å²) < 4.78 is 116. The fourth-order valence-corrected chi connectivity index (χ4v) is 15.6. The van der Waals surface area contributed by atoms with Gasteiger partial charge in [-0.15, -0.1) is 0 Å². The first-order valence-corrected chi connectivity index (χ1v) is 43.8. The number of amides is 8. The minimum absolute atomic E-state index is 0.00327. The largest absolute Gasteiger partial charge is 0.445 e. The number of anilines is 2. The van der Waals surface area contributed by atoms with Crippen LogP contribution in [0, 0.1) is 11.7 Å². The Morgan fingerprint density at radius 2 is 1.36 bits per heavy atom. The third kappa shape index (κ3) is 27.2. The quantitative estimate of drug-likeness (QED) is 0.0114. The van der Waals surface area contributed by atoms with Crippen LogP contribution in [0.3, 0.4) is 0 Å². The van der Waals surface area contributed by atoms with Crippen molar-refractivity contribution in [3.05, 3.63) is 119 Å². The van der Waals surface area contributed by atoms with Gasteiger partial charge in [0.1, 0.15) is 67.1 Å². The maximum Gasteiger partial charge on any atom is 0.410 e. The van der Waals surface area contributed by atoms with E-state index >= 15 is 4.39 Å². The second kappa shape index (κ2) is 46.1. The summed E-state index contributed by atoms with van der Waals surface area (Å²) in [4.78, 5) is 152. The van der Waals surface area contributed by atoms with Crippen molar-refractivity contribution in [1.29, 1.82) is 0 Å². The van der Waals surface area contributed by atoms with Crippen LogP contribution in [0.5, 0.6) is 0 Å². The van der Waals surface area contributed by atoms with Gasteiger partial charge < -0.3 is 112 Å². The Bertz CT molecular complexity index is 4650. The van der Waals surface area contributed by atoms with E-state index in [1.165, 1.54) is 48.2 Å². The molecule has 46 heteroatoms. The molecule has 0 spiro atoms. The number of aromatic amines is 1. The molecule has 0 saturated carbocycles. The summed E-state index contributed by atoms with van der Waals surface area (Å²) in [6.07, 6.45) is -2.88. The van der Waals surface area contributed by atoms with Crippen molar-refractivity contribution in [3.8, 4) is 0 Å². The Hall–Kier alpha value is -8.57. The first-order chi connectivity index (χ1) is 57.7. The molecule has 41 nitrogen and oxygen atoms in total. The van der Waals surface area contributed by atoms with Crippen molar-refractivity contribution >= 4 is 119 Å². The maximum atomic E-state index is 15.1. The highest BCUT2D eigenvalue weighted by atomic mass is 32.7. The van der Waals surface area contributed by atoms with Crippen molar-refractivity contribution in [3.63, 3.8) is 0 Å². The van der Waals surface area contributed by atoms with Gasteiger partial charge in [-0.05, 0) is 73.2 Å². The molecule has 10 rings (SSSR count). The fraction of sp³-hybridized carbons (Fsp3) is 0.554. The van der Waals surface area contributed by atoms with Crippen LogP contribution >= 0.6 is 25.8 Å². The van der Waals surface area contributed by atoms with Crippen molar-refractivity contribution in [2.24, 2.45) is 5.92 Å². The number of carbonyl (C=O) groups excluding carboxylic acids is 8. The van der Waals surface area contributed by atoms with E-state index < -0.39 is 158 Å². The number of unbranched alkanes of at least 4 members (excludes halogenated alkanes) is 1. The third-order valence-corrected chi connectivity index (χ3v) is 22.1. The number of rotatable bonds is 45. The van der Waals surface area contributed by atoms with Crippen LogP contribution in [-0.4, -0.2) is 283 Å². The van der Waals surface area contributed by atoms with E-state index in [0.717, 1.165) is 22.0 Å². The Morgan fingerprint density at radius 1 is 0.725 bits per heavy atom. The van der Waals surface area contributed by atoms with E-state index in [1.807, 2.05) is 0 Å². The summed E-state index contributed by atoms with van der Waals surface area (Å²) in [5.74, 6) is -5.53. The van der Waals surface area contributed by atoms with Gasteiger partial charge in [-0.3, -0.25) is 56.9 Å². The van der Waals surface area contributed by atoms with Gasteiger partial charge in [0, 0.05) is 69.7 Å². The summed E-state index contributed by atoms with van der Waals surface area (Å²) in [6.45, 7) is 0.244. The summed E-state index contributed by atoms with van der Waals surface area (Å²) in [6, 6.07) is 9.42. The topological polar surface area (TPSA) is 493 Å². The van der Waals surface area contributed by atoms with E-state index in [4.69, 9.17) is 82.0 Å². The van der Waals surface area contributed by atoms with Crippen LogP contribution in [0.15, 0.2) is 90.7 Å². The van der Waals surface area contributed by atoms with Crippen LogP contribution in [0.4, 0.5) is 20.7 Å². The number of nitrogens with zero attached hydrogens (tertiary/aromatic N) is 8. The zero-order valence-corrected chi connectivity index (χ0v) is 69.9. The Balaban J connectivity index is 0.644. The number of aromatic nitrogens is 7. The van der Waals surface area contributed by atoms with Crippen molar-refractivity contribution in [2.45, 2.75) is 127 Å². The number of aliphatic hydroxyl groups is 1. The third-order valence-electron chi connectivity index (χ3n) is 18.9. The molecule has 4 aromatic heterocycles. The lowest BCUT2D eigenvalue weighted by Crippen LogP contribution is -2.57. The SMILES string of the molecule is COCCOCCOCCOCCOCCOCCOCCOCCC(=O)N[C@@H](CCCCN1C(=O)C=CC1=O)C(=O)N[C@H](C(=O)N[C@@H](C)C(=O)Nc1ccc(COC(=O)N(C)Cc2ccccc2C(=O)Nc2ncnc3c2ncn3[C@H]2C[C@@H]3OP(O)(=S)OC[C@H]4O[C@@H](n5cc(F)c6c(=O)[nH]cnc65)[C@H](OP(=O)(S)OC[C@H]3O2)[C@@H]4O)cc1)C(C)C. The number of fused-ring (bicyclic) bond motifs is 5. The van der Waals surface area contributed by atoms with Crippen LogP contribution in [0.2, 0.25) is 0 Å². The van der Waals surface area contributed by atoms with Crippen LogP contribution in [0.25, 0.3) is 22.2 Å². The highest BCUT2D eigenvalue weighted by Crippen LogP contribution is 2.58. The van der Waals surface area contributed by atoms with Gasteiger partial charge in [-0.1, -0.05) is 56.4 Å². The highest BCUT2D eigenvalue weighted by molar-refractivity contribution is 8.44. The molecule has 656 valence electrons. The number of ether oxygens (including phenoxy) is 11. The number of H-pyrrole nitrogens is 1. The number of halogens is 1. The zero-order chi connectivity index (χ0) is 85.9. The normalized spacial score (nSPS) is 22.0. The molecule has 2 aromatic carbocycles. The highest BCUT2D eigenvalue weighted by Gasteiger charge is 2.51. The Morgan fingerprint density at radius 3 is 2.01 bits per heavy atom. The van der Waals surface area contributed by atoms with E-state index in [-0.39, 0.29) is 87.0 Å². The number of methoxy groups -OCH3 is 1. The maximum absolute atomic E-state index is 15.1. The van der Waals surface area contributed by atoms with E-state index in [0.29, 0.717) is 109 Å². The molecule has 2 unspecified atom stereocenters. The molecule has 120 heavy (non-hydrogen) atoms. The Kier molecular flexibility index (Phi) is 36.0. The Labute approximate surface area is 698 Å². The molecule has 8 N–H and O–H groups in total. The molecule has 6 aromatic rings. The number of imide groups is 1. The van der Waals surface area contributed by atoms with E-state index in [2.05, 4.69) is 63.8 Å². The molecule has 0 aliphatic carbocycles. The average molecular weight is 1760 g/mol. The second-order valence-electron chi connectivity index (χ2n) is 28.0. The minimum Gasteiger partial charge on any atom is -0.445 e. The number of thiol groups is 1. The monoisotopic (exact) mass is 1760 g/mol. The summed E-state index contributed by atoms with van der Waals surface area (Å²) in [5.41, 5.74) is 0.715. The van der Waals surface area contributed by atoms with E-state index in [1.54, 1.807) is 69.5 Å². The average Bonchev–Trinajstić information content (AvgIpc) is 1.60. The molecule has 3 saturated heterocycles. The lowest BCUT2D eigenvalue weighted by Gasteiger charge is -2.26. The first kappa shape index (κ1) is 93.7. The number of aliphatic hydroxyl groups excluding tert-OH is 1. The molecule has 4 aliphatic rings. The molecule has 12 atom stereocenters. The number of benzene rings is 2. The summed E-state index contributed by atoms with van der Waals surface area (Å²) in [5, 5.41) is 24.6. The molecule has 2 bridgehead atoms. The fourth-order valence-electron chi connectivity index (χ4n) is 12.7. The van der Waals surface area contributed by atoms with Gasteiger partial charge in [-0.2, -0.15) is 0 Å². The minimum atomic E-state index is -4.51. The molecular formula is C74H99FN14O27P2S2. The van der Waals surface area contributed by atoms with Crippen LogP contribution < -0.4 is 32.1 Å². The molecular weight excluding hydrogens is 1660 g/mol. The lowest BCUT2D eigenvalue weighted by molar-refractivity contribution is -0.137. The van der Waals surface area contributed by atoms with Gasteiger partial charge in [0.15, 0.2) is 34.7 Å². The first-order valence-electron chi connectivity index (χ1n) is 38.5. The van der Waals surface area contributed by atoms with Crippen molar-refractivity contribution < 1.29 is 128 Å². The molecule has 8 amide bonds. The summed E-state index contributed by atoms with van der Waals surface area (Å²) >= 11 is 9.57.